The van der Waals surface area contributed by atoms with Gasteiger partial charge < -0.3 is 15.2 Å². The lowest BCUT2D eigenvalue weighted by Crippen LogP contribution is -2.19. The third-order valence-corrected chi connectivity index (χ3v) is 6.85. The van der Waals surface area contributed by atoms with Crippen molar-refractivity contribution in [2.75, 3.05) is 13.7 Å². The van der Waals surface area contributed by atoms with E-state index in [9.17, 15) is 14.7 Å². The Morgan fingerprint density at radius 1 is 1.00 bits per heavy atom. The first-order chi connectivity index (χ1) is 18.0. The number of hydrogen-bond acceptors (Lipinski definition) is 5. The topological polar surface area (TPSA) is 88.5 Å². The molecule has 1 aromatic heterocycles. The van der Waals surface area contributed by atoms with Gasteiger partial charge in [-0.2, -0.15) is 0 Å². The standard InChI is InChI=1S/C31H30N2O4/c1-37-30-11-4-20(16-31(35)36)15-27(30)26-9-7-22(23-8-10-28-24(17-23)3-2-13-33-28)18-25(26)19-32-14-12-29(34)21-5-6-21/h2-4,7-11,13,15,17-18,21,32H,5-6,12,14,16,19H2,1H3,(H,35,36). The summed E-state index contributed by atoms with van der Waals surface area (Å²) in [6.45, 7) is 1.19. The molecule has 5 rings (SSSR count). The van der Waals surface area contributed by atoms with E-state index in [1.807, 2.05) is 24.3 Å². The molecule has 6 nitrogen and oxygen atoms in total. The highest BCUT2D eigenvalue weighted by Gasteiger charge is 2.28. The number of hydrogen-bond donors (Lipinski definition) is 2. The van der Waals surface area contributed by atoms with Crippen LogP contribution in [0.15, 0.2) is 72.9 Å². The number of methoxy groups -OCH3 is 1. The fourth-order valence-electron chi connectivity index (χ4n) is 4.73. The summed E-state index contributed by atoms with van der Waals surface area (Å²) in [6, 6.07) is 22.0. The Morgan fingerprint density at radius 3 is 2.59 bits per heavy atom. The highest BCUT2D eigenvalue weighted by molar-refractivity contribution is 5.86. The summed E-state index contributed by atoms with van der Waals surface area (Å²) >= 11 is 0. The smallest absolute Gasteiger partial charge is 0.307 e. The number of rotatable bonds is 11. The first-order valence-electron chi connectivity index (χ1n) is 12.6. The molecule has 0 bridgehead atoms. The van der Waals surface area contributed by atoms with E-state index in [1.54, 1.807) is 19.4 Å². The van der Waals surface area contributed by atoms with Crippen molar-refractivity contribution in [3.05, 3.63) is 84.1 Å². The number of Topliss-reactive ketones (excluding diaryl/α,β-unsaturated/α-hetero) is 1. The summed E-state index contributed by atoms with van der Waals surface area (Å²) in [6.07, 6.45) is 4.32. The molecule has 0 aliphatic heterocycles. The SMILES string of the molecule is COc1ccc(CC(=O)O)cc1-c1ccc(-c2ccc3ncccc3c2)cc1CNCCC(=O)C1CC1. The Balaban J connectivity index is 1.50. The van der Waals surface area contributed by atoms with Crippen LogP contribution in [0.5, 0.6) is 5.75 Å². The second kappa shape index (κ2) is 10.9. The van der Waals surface area contributed by atoms with Gasteiger partial charge in [-0.25, -0.2) is 0 Å². The molecule has 6 heteroatoms. The summed E-state index contributed by atoms with van der Waals surface area (Å²) in [5, 5.41) is 13.8. The molecule has 1 heterocycles. The number of carbonyl (C=O) groups is 2. The van der Waals surface area contributed by atoms with E-state index in [2.05, 4.69) is 46.7 Å². The van der Waals surface area contributed by atoms with Crippen molar-refractivity contribution in [2.45, 2.75) is 32.2 Å². The molecule has 37 heavy (non-hydrogen) atoms. The third-order valence-electron chi connectivity index (χ3n) is 6.85. The lowest BCUT2D eigenvalue weighted by Gasteiger charge is -2.17. The van der Waals surface area contributed by atoms with E-state index in [0.29, 0.717) is 36.6 Å². The number of carbonyl (C=O) groups excluding carboxylic acids is 1. The first kappa shape index (κ1) is 24.7. The minimum absolute atomic E-state index is 0.0585. The van der Waals surface area contributed by atoms with E-state index in [4.69, 9.17) is 4.74 Å². The molecular formula is C31H30N2O4. The van der Waals surface area contributed by atoms with Gasteiger partial charge in [-0.1, -0.05) is 30.3 Å². The zero-order valence-corrected chi connectivity index (χ0v) is 20.9. The van der Waals surface area contributed by atoms with Gasteiger partial charge in [0.15, 0.2) is 0 Å². The maximum absolute atomic E-state index is 12.2. The largest absolute Gasteiger partial charge is 0.496 e. The van der Waals surface area contributed by atoms with Crippen LogP contribution in [0.1, 0.15) is 30.4 Å². The summed E-state index contributed by atoms with van der Waals surface area (Å²) in [4.78, 5) is 27.9. The number of fused-ring (bicyclic) bond motifs is 1. The summed E-state index contributed by atoms with van der Waals surface area (Å²) < 4.78 is 5.65. The van der Waals surface area contributed by atoms with Crippen LogP contribution < -0.4 is 10.1 Å². The molecule has 0 spiro atoms. The Hall–Kier alpha value is -4.03. The van der Waals surface area contributed by atoms with Crippen LogP contribution in [0.3, 0.4) is 0 Å². The second-order valence-corrected chi connectivity index (χ2v) is 9.56. The van der Waals surface area contributed by atoms with Gasteiger partial charge in [-0.15, -0.1) is 0 Å². The van der Waals surface area contributed by atoms with Gasteiger partial charge >= 0.3 is 5.97 Å². The van der Waals surface area contributed by atoms with Crippen molar-refractivity contribution >= 4 is 22.7 Å². The average molecular weight is 495 g/mol. The molecule has 4 aromatic rings. The van der Waals surface area contributed by atoms with Gasteiger partial charge in [-0.05, 0) is 77.1 Å². The molecule has 2 N–H and O–H groups in total. The molecular weight excluding hydrogens is 464 g/mol. The third kappa shape index (κ3) is 5.87. The number of ether oxygens (including phenoxy) is 1. The number of benzene rings is 3. The van der Waals surface area contributed by atoms with E-state index < -0.39 is 5.97 Å². The summed E-state index contributed by atoms with van der Waals surface area (Å²) in [7, 11) is 1.62. The Labute approximate surface area is 216 Å². The molecule has 0 radical (unpaired) electrons. The van der Waals surface area contributed by atoms with Crippen LogP contribution in [0.4, 0.5) is 0 Å². The molecule has 1 fully saturated rings. The number of aromatic nitrogens is 1. The molecule has 188 valence electrons. The van der Waals surface area contributed by atoms with Gasteiger partial charge in [0.2, 0.25) is 0 Å². The quantitative estimate of drug-likeness (QED) is 0.262. The van der Waals surface area contributed by atoms with Crippen molar-refractivity contribution in [3.8, 4) is 28.0 Å². The predicted molar refractivity (Wildman–Crippen MR) is 145 cm³/mol. The van der Waals surface area contributed by atoms with Crippen LogP contribution in [-0.4, -0.2) is 35.5 Å². The Morgan fingerprint density at radius 2 is 1.81 bits per heavy atom. The van der Waals surface area contributed by atoms with Crippen LogP contribution in [0.25, 0.3) is 33.2 Å². The van der Waals surface area contributed by atoms with Gasteiger partial charge in [0.1, 0.15) is 11.5 Å². The maximum Gasteiger partial charge on any atom is 0.307 e. The lowest BCUT2D eigenvalue weighted by molar-refractivity contribution is -0.136. The minimum atomic E-state index is -0.875. The van der Waals surface area contributed by atoms with Crippen molar-refractivity contribution in [1.82, 2.24) is 10.3 Å². The van der Waals surface area contributed by atoms with Gasteiger partial charge in [0.05, 0.1) is 19.0 Å². The van der Waals surface area contributed by atoms with E-state index in [-0.39, 0.29) is 12.3 Å². The van der Waals surface area contributed by atoms with E-state index >= 15 is 0 Å². The Kier molecular flexibility index (Phi) is 7.28. The van der Waals surface area contributed by atoms with Gasteiger partial charge in [-0.3, -0.25) is 14.6 Å². The van der Waals surface area contributed by atoms with Crippen LogP contribution >= 0.6 is 0 Å². The van der Waals surface area contributed by atoms with Crippen LogP contribution in [-0.2, 0) is 22.6 Å². The molecule has 1 saturated carbocycles. The number of pyridine rings is 1. The zero-order valence-electron chi connectivity index (χ0n) is 20.9. The van der Waals surface area contributed by atoms with Crippen molar-refractivity contribution in [2.24, 2.45) is 5.92 Å². The van der Waals surface area contributed by atoms with Crippen molar-refractivity contribution in [1.29, 1.82) is 0 Å². The minimum Gasteiger partial charge on any atom is -0.496 e. The fraction of sp³-hybridized carbons (Fsp3) is 0.258. The molecule has 1 aliphatic rings. The van der Waals surface area contributed by atoms with Gasteiger partial charge in [0.25, 0.3) is 0 Å². The zero-order chi connectivity index (χ0) is 25.8. The summed E-state index contributed by atoms with van der Waals surface area (Å²) in [5.74, 6) is 0.418. The number of carboxylic acid groups (broad SMARTS) is 1. The molecule has 0 amide bonds. The summed E-state index contributed by atoms with van der Waals surface area (Å²) in [5.41, 5.74) is 6.68. The lowest BCUT2D eigenvalue weighted by atomic mass is 9.92. The average Bonchev–Trinajstić information content (AvgIpc) is 3.76. The molecule has 3 aromatic carbocycles. The van der Waals surface area contributed by atoms with E-state index in [0.717, 1.165) is 51.6 Å². The number of ketones is 1. The number of nitrogens with zero attached hydrogens (tertiary/aromatic N) is 1. The maximum atomic E-state index is 12.2. The monoisotopic (exact) mass is 494 g/mol. The van der Waals surface area contributed by atoms with Crippen molar-refractivity contribution in [3.63, 3.8) is 0 Å². The molecule has 0 atom stereocenters. The van der Waals surface area contributed by atoms with Crippen LogP contribution in [0, 0.1) is 5.92 Å². The second-order valence-electron chi connectivity index (χ2n) is 9.56. The first-order valence-corrected chi connectivity index (χ1v) is 12.6. The number of nitrogens with one attached hydrogen (secondary N) is 1. The molecule has 0 saturated heterocycles. The van der Waals surface area contributed by atoms with E-state index in [1.165, 1.54) is 0 Å². The van der Waals surface area contributed by atoms with Gasteiger partial charge in [0, 0.05) is 42.6 Å². The molecule has 0 unspecified atom stereocenters. The van der Waals surface area contributed by atoms with Crippen molar-refractivity contribution < 1.29 is 19.4 Å². The fourth-order valence-corrected chi connectivity index (χ4v) is 4.73. The van der Waals surface area contributed by atoms with Crippen LogP contribution in [0.2, 0.25) is 0 Å². The Bertz CT molecular complexity index is 1460. The highest BCUT2D eigenvalue weighted by atomic mass is 16.5. The number of aliphatic carboxylic acids is 1. The molecule has 1 aliphatic carbocycles. The normalized spacial score (nSPS) is 13.0. The predicted octanol–water partition coefficient (Wildman–Crippen LogP) is 5.66. The number of carboxylic acids is 1. The highest BCUT2D eigenvalue weighted by Crippen LogP contribution is 2.36.